The number of rotatable bonds is 3. The van der Waals surface area contributed by atoms with E-state index in [2.05, 4.69) is 21.9 Å². The monoisotopic (exact) mass is 521 g/mol. The Labute approximate surface area is 220 Å². The number of nitrogens with zero attached hydrogens (tertiary/aromatic N) is 3. The van der Waals surface area contributed by atoms with Gasteiger partial charge in [-0.05, 0) is 59.9 Å². The standard InChI is InChI=1S/C30H30F3N3O2/c1-38-28-9-5-4-8-26(28)34-14-15-36-25-11-10-23(30(31,32)33)16-22(25)17-24(27(36)19-34)29(37)35-13-12-20-6-2-3-7-21(20)18-35/h2-11,16,24,27H,12-15,17-19H2,1H3. The van der Waals surface area contributed by atoms with Crippen LogP contribution in [0.4, 0.5) is 24.5 Å². The van der Waals surface area contributed by atoms with Crippen molar-refractivity contribution in [2.45, 2.75) is 31.6 Å². The molecule has 5 nitrogen and oxygen atoms in total. The molecule has 3 heterocycles. The first-order valence-corrected chi connectivity index (χ1v) is 13.0. The molecule has 0 aliphatic carbocycles. The number of alkyl halides is 3. The van der Waals surface area contributed by atoms with Crippen molar-refractivity contribution in [1.29, 1.82) is 0 Å². The maximum Gasteiger partial charge on any atom is 0.416 e. The molecule has 3 aliphatic rings. The number of benzene rings is 3. The van der Waals surface area contributed by atoms with E-state index in [1.165, 1.54) is 11.6 Å². The molecule has 2 atom stereocenters. The second-order valence-corrected chi connectivity index (χ2v) is 10.3. The van der Waals surface area contributed by atoms with E-state index in [1.54, 1.807) is 13.2 Å². The molecule has 6 rings (SSSR count). The number of piperazine rings is 1. The van der Waals surface area contributed by atoms with Crippen LogP contribution in [0.1, 0.15) is 22.3 Å². The Balaban J connectivity index is 1.35. The normalized spacial score (nSPS) is 20.9. The first-order valence-electron chi connectivity index (χ1n) is 13.0. The number of hydrogen-bond acceptors (Lipinski definition) is 4. The number of anilines is 2. The third kappa shape index (κ3) is 4.36. The Morgan fingerprint density at radius 2 is 1.66 bits per heavy atom. The lowest BCUT2D eigenvalue weighted by atomic mass is 9.82. The highest BCUT2D eigenvalue weighted by Gasteiger charge is 2.44. The second kappa shape index (κ2) is 9.57. The van der Waals surface area contributed by atoms with Gasteiger partial charge in [-0.15, -0.1) is 0 Å². The summed E-state index contributed by atoms with van der Waals surface area (Å²) in [5, 5.41) is 0. The first kappa shape index (κ1) is 24.6. The van der Waals surface area contributed by atoms with Crippen LogP contribution in [0.15, 0.2) is 66.7 Å². The number of fused-ring (bicyclic) bond motifs is 4. The quantitative estimate of drug-likeness (QED) is 0.477. The van der Waals surface area contributed by atoms with Gasteiger partial charge in [-0.2, -0.15) is 13.2 Å². The number of methoxy groups -OCH3 is 1. The maximum atomic E-state index is 14.1. The number of carbonyl (C=O) groups excluding carboxylic acids is 1. The highest BCUT2D eigenvalue weighted by atomic mass is 19.4. The Bertz CT molecular complexity index is 1360. The lowest BCUT2D eigenvalue weighted by Gasteiger charge is -2.50. The summed E-state index contributed by atoms with van der Waals surface area (Å²) in [6.45, 7) is 3.01. The number of ether oxygens (including phenoxy) is 1. The minimum absolute atomic E-state index is 0.0134. The van der Waals surface area contributed by atoms with Crippen LogP contribution in [0.2, 0.25) is 0 Å². The molecule has 38 heavy (non-hydrogen) atoms. The van der Waals surface area contributed by atoms with Crippen LogP contribution in [0.5, 0.6) is 5.75 Å². The molecule has 0 bridgehead atoms. The van der Waals surface area contributed by atoms with Crippen molar-refractivity contribution in [3.8, 4) is 5.75 Å². The average Bonchev–Trinajstić information content (AvgIpc) is 2.95. The van der Waals surface area contributed by atoms with Gasteiger partial charge in [0.15, 0.2) is 0 Å². The summed E-state index contributed by atoms with van der Waals surface area (Å²) >= 11 is 0. The van der Waals surface area contributed by atoms with Crippen LogP contribution < -0.4 is 14.5 Å². The van der Waals surface area contributed by atoms with E-state index in [9.17, 15) is 18.0 Å². The minimum Gasteiger partial charge on any atom is -0.495 e. The number of carbonyl (C=O) groups is 1. The molecule has 0 aromatic heterocycles. The van der Waals surface area contributed by atoms with Crippen LogP contribution in [0.25, 0.3) is 0 Å². The Morgan fingerprint density at radius 3 is 2.45 bits per heavy atom. The maximum absolute atomic E-state index is 14.1. The van der Waals surface area contributed by atoms with E-state index in [-0.39, 0.29) is 18.4 Å². The molecule has 3 aliphatic heterocycles. The van der Waals surface area contributed by atoms with Gasteiger partial charge in [-0.3, -0.25) is 4.79 Å². The van der Waals surface area contributed by atoms with Gasteiger partial charge in [0, 0.05) is 38.4 Å². The number of amides is 1. The summed E-state index contributed by atoms with van der Waals surface area (Å²) in [6, 6.07) is 19.8. The third-order valence-electron chi connectivity index (χ3n) is 8.22. The van der Waals surface area contributed by atoms with Crippen LogP contribution in [0, 0.1) is 5.92 Å². The molecule has 2 unspecified atom stereocenters. The molecule has 8 heteroatoms. The van der Waals surface area contributed by atoms with Crippen molar-refractivity contribution in [3.05, 3.63) is 89.0 Å². The van der Waals surface area contributed by atoms with Gasteiger partial charge in [0.2, 0.25) is 5.91 Å². The van der Waals surface area contributed by atoms with Crippen molar-refractivity contribution >= 4 is 17.3 Å². The zero-order chi connectivity index (χ0) is 26.4. The molecule has 0 radical (unpaired) electrons. The molecule has 0 spiro atoms. The first-order chi connectivity index (χ1) is 18.3. The molecule has 0 N–H and O–H groups in total. The van der Waals surface area contributed by atoms with Crippen molar-refractivity contribution in [3.63, 3.8) is 0 Å². The Morgan fingerprint density at radius 1 is 0.895 bits per heavy atom. The summed E-state index contributed by atoms with van der Waals surface area (Å²) in [7, 11) is 1.64. The Hall–Kier alpha value is -3.68. The van der Waals surface area contributed by atoms with Gasteiger partial charge in [0.1, 0.15) is 5.75 Å². The van der Waals surface area contributed by atoms with Crippen molar-refractivity contribution in [2.75, 3.05) is 43.1 Å². The predicted octanol–water partition coefficient (Wildman–Crippen LogP) is 5.17. The van der Waals surface area contributed by atoms with Gasteiger partial charge < -0.3 is 19.4 Å². The van der Waals surface area contributed by atoms with E-state index in [4.69, 9.17) is 4.74 Å². The predicted molar refractivity (Wildman–Crippen MR) is 141 cm³/mol. The smallest absolute Gasteiger partial charge is 0.416 e. The Kier molecular flexibility index (Phi) is 6.20. The molecule has 1 saturated heterocycles. The fourth-order valence-electron chi connectivity index (χ4n) is 6.31. The molecule has 0 saturated carbocycles. The summed E-state index contributed by atoms with van der Waals surface area (Å²) in [5.74, 6) is 0.329. The van der Waals surface area contributed by atoms with Crippen LogP contribution in [-0.2, 0) is 30.4 Å². The van der Waals surface area contributed by atoms with Gasteiger partial charge in [-0.1, -0.05) is 36.4 Å². The summed E-state index contributed by atoms with van der Waals surface area (Å²) in [6.07, 6.45) is -3.35. The fourth-order valence-corrected chi connectivity index (χ4v) is 6.31. The summed E-state index contributed by atoms with van der Waals surface area (Å²) in [5.41, 5.74) is 4.08. The average molecular weight is 522 g/mol. The van der Waals surface area contributed by atoms with E-state index in [0.29, 0.717) is 38.3 Å². The zero-order valence-corrected chi connectivity index (χ0v) is 21.2. The van der Waals surface area contributed by atoms with E-state index in [0.717, 1.165) is 35.2 Å². The van der Waals surface area contributed by atoms with Gasteiger partial charge in [0.25, 0.3) is 0 Å². The van der Waals surface area contributed by atoms with E-state index >= 15 is 0 Å². The minimum atomic E-state index is -4.43. The molecule has 1 amide bonds. The van der Waals surface area contributed by atoms with E-state index < -0.39 is 17.7 Å². The molecule has 1 fully saturated rings. The van der Waals surface area contributed by atoms with Crippen LogP contribution in [0.3, 0.4) is 0 Å². The van der Waals surface area contributed by atoms with Crippen LogP contribution >= 0.6 is 0 Å². The lowest BCUT2D eigenvalue weighted by molar-refractivity contribution is -0.137. The fraction of sp³-hybridized carbons (Fsp3) is 0.367. The zero-order valence-electron chi connectivity index (χ0n) is 21.2. The number of hydrogen-bond donors (Lipinski definition) is 0. The molecule has 3 aromatic carbocycles. The van der Waals surface area contributed by atoms with Crippen LogP contribution in [-0.4, -0.2) is 50.1 Å². The molecule has 198 valence electrons. The summed E-state index contributed by atoms with van der Waals surface area (Å²) < 4.78 is 46.3. The van der Waals surface area contributed by atoms with Crippen molar-refractivity contribution in [2.24, 2.45) is 5.92 Å². The largest absolute Gasteiger partial charge is 0.495 e. The van der Waals surface area contributed by atoms with Crippen molar-refractivity contribution in [1.82, 2.24) is 4.90 Å². The summed E-state index contributed by atoms with van der Waals surface area (Å²) in [4.78, 5) is 20.4. The molecule has 3 aromatic rings. The second-order valence-electron chi connectivity index (χ2n) is 10.3. The molecular weight excluding hydrogens is 491 g/mol. The third-order valence-corrected chi connectivity index (χ3v) is 8.22. The van der Waals surface area contributed by atoms with Gasteiger partial charge in [0.05, 0.1) is 30.3 Å². The SMILES string of the molecule is COc1ccccc1N1CCN2c3ccc(C(F)(F)F)cc3CC(C(=O)N3CCc4ccccc4C3)C2C1. The van der Waals surface area contributed by atoms with E-state index in [1.807, 2.05) is 41.3 Å². The van der Waals surface area contributed by atoms with Gasteiger partial charge >= 0.3 is 6.18 Å². The number of halogens is 3. The lowest BCUT2D eigenvalue weighted by Crippen LogP contribution is -2.61. The number of para-hydroxylation sites is 2. The molecular formula is C30H30F3N3O2. The highest BCUT2D eigenvalue weighted by Crippen LogP contribution is 2.42. The highest BCUT2D eigenvalue weighted by molar-refractivity contribution is 5.83. The topological polar surface area (TPSA) is 36.0 Å². The van der Waals surface area contributed by atoms with Crippen molar-refractivity contribution < 1.29 is 22.7 Å². The van der Waals surface area contributed by atoms with Gasteiger partial charge in [-0.25, -0.2) is 0 Å².